The van der Waals surface area contributed by atoms with Crippen LogP contribution in [0.5, 0.6) is 5.75 Å². The summed E-state index contributed by atoms with van der Waals surface area (Å²) in [5.41, 5.74) is 6.90. The summed E-state index contributed by atoms with van der Waals surface area (Å²) in [6.45, 7) is 2.15. The molecule has 0 radical (unpaired) electrons. The van der Waals surface area contributed by atoms with Crippen LogP contribution >= 0.6 is 7.82 Å². The number of aromatic nitrogens is 1. The largest absolute Gasteiger partial charge is 0.493 e. The van der Waals surface area contributed by atoms with Crippen LogP contribution in [0.3, 0.4) is 0 Å². The highest BCUT2D eigenvalue weighted by Crippen LogP contribution is 2.43. The van der Waals surface area contributed by atoms with E-state index in [0.717, 1.165) is 17.7 Å². The Morgan fingerprint density at radius 2 is 1.68 bits per heavy atom. The second kappa shape index (κ2) is 18.1. The molecule has 1 aromatic heterocycles. The van der Waals surface area contributed by atoms with E-state index in [4.69, 9.17) is 24.5 Å². The van der Waals surface area contributed by atoms with E-state index in [0.29, 0.717) is 31.0 Å². The number of nitrogens with zero attached hydrogens (tertiary/aromatic N) is 1. The molecular formula is C27H43N2O8P. The zero-order valence-electron chi connectivity index (χ0n) is 22.4. The maximum Gasteiger partial charge on any atom is 0.472 e. The van der Waals surface area contributed by atoms with E-state index in [1.807, 2.05) is 24.3 Å². The third-order valence-corrected chi connectivity index (χ3v) is 7.02. The Morgan fingerprint density at radius 3 is 2.39 bits per heavy atom. The van der Waals surface area contributed by atoms with Crippen LogP contribution in [0.25, 0.3) is 0 Å². The molecule has 2 aromatic rings. The number of oxazole rings is 1. The Morgan fingerprint density at radius 1 is 1.00 bits per heavy atom. The lowest BCUT2D eigenvalue weighted by atomic mass is 10.1. The van der Waals surface area contributed by atoms with Gasteiger partial charge in [-0.05, 0) is 24.5 Å². The highest BCUT2D eigenvalue weighted by molar-refractivity contribution is 7.47. The van der Waals surface area contributed by atoms with E-state index in [2.05, 4.69) is 16.4 Å². The van der Waals surface area contributed by atoms with Crippen molar-refractivity contribution in [1.29, 1.82) is 0 Å². The van der Waals surface area contributed by atoms with Crippen molar-refractivity contribution in [3.05, 3.63) is 47.7 Å². The average Bonchev–Trinajstić information content (AvgIpc) is 3.35. The summed E-state index contributed by atoms with van der Waals surface area (Å²) < 4.78 is 32.8. The number of nitrogens with two attached hydrogens (primary N) is 1. The number of para-hydroxylation sites is 1. The zero-order valence-corrected chi connectivity index (χ0v) is 23.3. The zero-order chi connectivity index (χ0) is 27.6. The van der Waals surface area contributed by atoms with E-state index in [9.17, 15) is 14.3 Å². The number of unbranched alkanes of at least 4 members (excludes halogenated alkanes) is 8. The SMILES string of the molecule is CCCCCCCCCCCOc1ccccc1CCc1nc(CCOP(=O)(O)OC[C@H](N)C(=O)O)co1. The number of hydrogen-bond donors (Lipinski definition) is 3. The van der Waals surface area contributed by atoms with E-state index in [-0.39, 0.29) is 13.0 Å². The van der Waals surface area contributed by atoms with Gasteiger partial charge < -0.3 is 24.9 Å². The van der Waals surface area contributed by atoms with Crippen LogP contribution < -0.4 is 10.5 Å². The quantitative estimate of drug-likeness (QED) is 0.126. The minimum Gasteiger partial charge on any atom is -0.493 e. The maximum atomic E-state index is 11.8. The van der Waals surface area contributed by atoms with Gasteiger partial charge >= 0.3 is 13.8 Å². The van der Waals surface area contributed by atoms with Crippen molar-refractivity contribution in [1.82, 2.24) is 4.98 Å². The topological polar surface area (TPSA) is 154 Å². The maximum absolute atomic E-state index is 11.8. The monoisotopic (exact) mass is 554 g/mol. The number of rotatable bonds is 22. The number of ether oxygens (including phenoxy) is 1. The van der Waals surface area contributed by atoms with Crippen LogP contribution in [0.15, 0.2) is 34.9 Å². The summed E-state index contributed by atoms with van der Waals surface area (Å²) in [5, 5.41) is 8.70. The van der Waals surface area contributed by atoms with Gasteiger partial charge in [-0.15, -0.1) is 0 Å². The minimum absolute atomic E-state index is 0.155. The molecule has 214 valence electrons. The first-order chi connectivity index (χ1) is 18.3. The Labute approximate surface area is 225 Å². The van der Waals surface area contributed by atoms with E-state index >= 15 is 0 Å². The minimum atomic E-state index is -4.41. The van der Waals surface area contributed by atoms with Crippen molar-refractivity contribution in [2.45, 2.75) is 90.0 Å². The summed E-state index contributed by atoms with van der Waals surface area (Å²) in [6.07, 6.45) is 14.5. The lowest BCUT2D eigenvalue weighted by molar-refractivity contribution is -0.139. The number of hydrogen-bond acceptors (Lipinski definition) is 8. The summed E-state index contributed by atoms with van der Waals surface area (Å²) in [6, 6.07) is 6.57. The second-order valence-corrected chi connectivity index (χ2v) is 10.8. The fraction of sp³-hybridized carbons (Fsp3) is 0.630. The van der Waals surface area contributed by atoms with E-state index < -0.39 is 26.4 Å². The third-order valence-electron chi connectivity index (χ3n) is 6.03. The average molecular weight is 555 g/mol. The molecule has 0 bridgehead atoms. The molecule has 0 saturated heterocycles. The molecule has 0 saturated carbocycles. The van der Waals surface area contributed by atoms with Gasteiger partial charge in [0, 0.05) is 12.8 Å². The molecule has 2 rings (SSSR count). The van der Waals surface area contributed by atoms with Crippen molar-refractivity contribution in [3.63, 3.8) is 0 Å². The number of carbonyl (C=O) groups is 1. The highest BCUT2D eigenvalue weighted by Gasteiger charge is 2.24. The van der Waals surface area contributed by atoms with Crippen LogP contribution in [-0.4, -0.2) is 46.8 Å². The molecule has 0 amide bonds. The first-order valence-electron chi connectivity index (χ1n) is 13.5. The van der Waals surface area contributed by atoms with E-state index in [1.165, 1.54) is 57.6 Å². The molecular weight excluding hydrogens is 511 g/mol. The Balaban J connectivity index is 1.66. The molecule has 11 heteroatoms. The van der Waals surface area contributed by atoms with Gasteiger partial charge in [-0.2, -0.15) is 0 Å². The third kappa shape index (κ3) is 13.5. The number of benzene rings is 1. The summed E-state index contributed by atoms with van der Waals surface area (Å²) in [5.74, 6) is 0.0891. The van der Waals surface area contributed by atoms with Gasteiger partial charge in [0.25, 0.3) is 0 Å². The van der Waals surface area contributed by atoms with Gasteiger partial charge in [0.2, 0.25) is 0 Å². The Kier molecular flexibility index (Phi) is 15.3. The summed E-state index contributed by atoms with van der Waals surface area (Å²) >= 11 is 0. The standard InChI is InChI=1S/C27H43N2O8P/c1-2-3-4-5-6-7-8-9-12-18-34-25-14-11-10-13-22(25)15-16-26-29-23(20-35-26)17-19-36-38(32,33)37-21-24(28)27(30)31/h10-11,13-14,20,24H,2-9,12,15-19,21,28H2,1H3,(H,30,31)(H,32,33)/t24-/m0/s1. The lowest BCUT2D eigenvalue weighted by Crippen LogP contribution is -2.34. The molecule has 0 fully saturated rings. The number of phosphoric acid groups is 1. The van der Waals surface area contributed by atoms with Gasteiger partial charge in [-0.3, -0.25) is 13.8 Å². The van der Waals surface area contributed by atoms with Crippen LogP contribution in [0, 0.1) is 0 Å². The molecule has 10 nitrogen and oxygen atoms in total. The Hall–Kier alpha value is -2.23. The molecule has 0 aliphatic carbocycles. The molecule has 1 heterocycles. The number of carboxylic acids is 1. The van der Waals surface area contributed by atoms with E-state index in [1.54, 1.807) is 0 Å². The van der Waals surface area contributed by atoms with Gasteiger partial charge in [-0.1, -0.05) is 76.5 Å². The Bertz CT molecular complexity index is 983. The molecule has 2 atom stereocenters. The molecule has 0 aliphatic rings. The number of aryl methyl sites for hydroxylation is 2. The van der Waals surface area contributed by atoms with Gasteiger partial charge in [0.15, 0.2) is 5.89 Å². The second-order valence-electron chi connectivity index (χ2n) is 9.31. The molecule has 38 heavy (non-hydrogen) atoms. The van der Waals surface area contributed by atoms with Crippen molar-refractivity contribution in [3.8, 4) is 5.75 Å². The first-order valence-corrected chi connectivity index (χ1v) is 15.0. The van der Waals surface area contributed by atoms with Crippen LogP contribution in [0.1, 0.15) is 81.9 Å². The van der Waals surface area contributed by atoms with Crippen molar-refractivity contribution >= 4 is 13.8 Å². The lowest BCUT2D eigenvalue weighted by Gasteiger charge is -2.13. The highest BCUT2D eigenvalue weighted by atomic mass is 31.2. The fourth-order valence-electron chi connectivity index (χ4n) is 3.81. The van der Waals surface area contributed by atoms with Crippen molar-refractivity contribution in [2.24, 2.45) is 5.73 Å². The molecule has 4 N–H and O–H groups in total. The van der Waals surface area contributed by atoms with Gasteiger partial charge in [0.1, 0.15) is 18.1 Å². The van der Waals surface area contributed by atoms with Crippen LogP contribution in [0.2, 0.25) is 0 Å². The first kappa shape index (κ1) is 32.0. The number of aliphatic carboxylic acids is 1. The summed E-state index contributed by atoms with van der Waals surface area (Å²) in [4.78, 5) is 24.7. The predicted molar refractivity (Wildman–Crippen MR) is 144 cm³/mol. The predicted octanol–water partition coefficient (Wildman–Crippen LogP) is 5.46. The fourth-order valence-corrected chi connectivity index (χ4v) is 4.56. The smallest absolute Gasteiger partial charge is 0.472 e. The van der Waals surface area contributed by atoms with Crippen molar-refractivity contribution < 1.29 is 37.6 Å². The molecule has 1 unspecified atom stereocenters. The van der Waals surface area contributed by atoms with Gasteiger partial charge in [0.05, 0.1) is 25.5 Å². The van der Waals surface area contributed by atoms with Gasteiger partial charge in [-0.25, -0.2) is 9.55 Å². The molecule has 0 aliphatic heterocycles. The van der Waals surface area contributed by atoms with Crippen LogP contribution in [0.4, 0.5) is 0 Å². The van der Waals surface area contributed by atoms with Crippen molar-refractivity contribution in [2.75, 3.05) is 19.8 Å². The molecule has 0 spiro atoms. The van der Waals surface area contributed by atoms with Crippen LogP contribution in [-0.2, 0) is 37.7 Å². The summed E-state index contributed by atoms with van der Waals surface area (Å²) in [7, 11) is -4.41. The number of phosphoric ester groups is 1. The number of carboxylic acid groups (broad SMARTS) is 1. The molecule has 1 aromatic carbocycles. The normalized spacial score (nSPS) is 13.8.